The molecule has 1 aliphatic rings. The van der Waals surface area contributed by atoms with Gasteiger partial charge in [0.05, 0.1) is 17.1 Å². The maximum absolute atomic E-state index is 10.7. The van der Waals surface area contributed by atoms with Gasteiger partial charge < -0.3 is 5.32 Å². The van der Waals surface area contributed by atoms with Crippen LogP contribution in [0.1, 0.15) is 19.8 Å². The third-order valence-corrected chi connectivity index (χ3v) is 3.61. The molecule has 1 saturated heterocycles. The number of hydrogen-bond acceptors (Lipinski definition) is 5. The minimum atomic E-state index is -0.466. The normalized spacial score (nSPS) is 19.6. The number of anilines is 1. The van der Waals surface area contributed by atoms with E-state index >= 15 is 0 Å². The predicted octanol–water partition coefficient (Wildman–Crippen LogP) is 2.54. The smallest absolute Gasteiger partial charge is 0.276 e. The van der Waals surface area contributed by atoms with Crippen LogP contribution in [0.5, 0.6) is 0 Å². The molecule has 6 nitrogen and oxygen atoms in total. The van der Waals surface area contributed by atoms with Crippen LogP contribution in [0.3, 0.4) is 0 Å². The minimum absolute atomic E-state index is 0.0405. The summed E-state index contributed by atoms with van der Waals surface area (Å²) in [5.41, 5.74) is -0.0405. The molecule has 1 aromatic rings. The van der Waals surface area contributed by atoms with Gasteiger partial charge >= 0.3 is 0 Å². The molecule has 0 spiro atoms. The van der Waals surface area contributed by atoms with Crippen molar-refractivity contribution in [1.29, 1.82) is 0 Å². The van der Waals surface area contributed by atoms with E-state index < -0.39 is 4.92 Å². The maximum atomic E-state index is 10.7. The van der Waals surface area contributed by atoms with Crippen LogP contribution in [0.2, 0.25) is 5.15 Å². The van der Waals surface area contributed by atoms with Crippen molar-refractivity contribution in [3.05, 3.63) is 27.4 Å². The van der Waals surface area contributed by atoms with Gasteiger partial charge in [-0.25, -0.2) is 4.98 Å². The first-order chi connectivity index (χ1) is 9.10. The standard InChI is InChI=1S/C12H17ClN4O2/c1-2-16-5-3-4-9(16)8-14-12-7-10(17(18)19)6-11(13)15-12/h6-7,9H,2-5,8H2,1H3,(H,14,15). The lowest BCUT2D eigenvalue weighted by molar-refractivity contribution is -0.384. The van der Waals surface area contributed by atoms with Gasteiger partial charge in [0.2, 0.25) is 0 Å². The summed E-state index contributed by atoms with van der Waals surface area (Å²) in [7, 11) is 0. The summed E-state index contributed by atoms with van der Waals surface area (Å²) < 4.78 is 0. The number of halogens is 1. The summed E-state index contributed by atoms with van der Waals surface area (Å²) in [5, 5.41) is 14.0. The lowest BCUT2D eigenvalue weighted by atomic mass is 10.2. The van der Waals surface area contributed by atoms with Crippen LogP contribution in [0.4, 0.5) is 11.5 Å². The summed E-state index contributed by atoms with van der Waals surface area (Å²) in [6, 6.07) is 3.13. The molecular weight excluding hydrogens is 268 g/mol. The molecule has 0 radical (unpaired) electrons. The van der Waals surface area contributed by atoms with Gasteiger partial charge in [0, 0.05) is 12.6 Å². The van der Waals surface area contributed by atoms with Gasteiger partial charge in [0.1, 0.15) is 11.0 Å². The van der Waals surface area contributed by atoms with Crippen molar-refractivity contribution in [2.45, 2.75) is 25.8 Å². The van der Waals surface area contributed by atoms with Crippen molar-refractivity contribution >= 4 is 23.1 Å². The van der Waals surface area contributed by atoms with Gasteiger partial charge in [-0.2, -0.15) is 0 Å². The number of likely N-dealkylation sites (N-methyl/N-ethyl adjacent to an activating group) is 1. The van der Waals surface area contributed by atoms with Crippen molar-refractivity contribution < 1.29 is 4.92 Å². The molecule has 1 aliphatic heterocycles. The Morgan fingerprint density at radius 3 is 3.11 bits per heavy atom. The van der Waals surface area contributed by atoms with Crippen molar-refractivity contribution in [3.63, 3.8) is 0 Å². The number of hydrogen-bond donors (Lipinski definition) is 1. The Kier molecular flexibility index (Phi) is 4.55. The molecule has 2 heterocycles. The molecule has 0 saturated carbocycles. The summed E-state index contributed by atoms with van der Waals surface area (Å²) in [4.78, 5) is 16.7. The molecule has 1 unspecified atom stereocenters. The molecule has 1 aromatic heterocycles. The molecule has 1 N–H and O–H groups in total. The minimum Gasteiger partial charge on any atom is -0.368 e. The molecular formula is C12H17ClN4O2. The van der Waals surface area contributed by atoms with E-state index in [1.165, 1.54) is 18.6 Å². The highest BCUT2D eigenvalue weighted by Gasteiger charge is 2.22. The largest absolute Gasteiger partial charge is 0.368 e. The van der Waals surface area contributed by atoms with Crippen molar-refractivity contribution in [2.75, 3.05) is 25.0 Å². The molecule has 0 aromatic carbocycles. The summed E-state index contributed by atoms with van der Waals surface area (Å²) in [6.07, 6.45) is 2.34. The molecule has 1 atom stereocenters. The topological polar surface area (TPSA) is 71.3 Å². The third-order valence-electron chi connectivity index (χ3n) is 3.41. The zero-order valence-corrected chi connectivity index (χ0v) is 11.6. The number of nitro groups is 1. The number of aromatic nitrogens is 1. The van der Waals surface area contributed by atoms with E-state index in [-0.39, 0.29) is 10.8 Å². The quantitative estimate of drug-likeness (QED) is 0.511. The van der Waals surface area contributed by atoms with Crippen molar-refractivity contribution in [3.8, 4) is 0 Å². The zero-order valence-electron chi connectivity index (χ0n) is 10.8. The van der Waals surface area contributed by atoms with Crippen LogP contribution < -0.4 is 5.32 Å². The third kappa shape index (κ3) is 3.54. The molecule has 2 rings (SSSR count). The molecule has 0 bridgehead atoms. The van der Waals surface area contributed by atoms with Crippen LogP contribution >= 0.6 is 11.6 Å². The Morgan fingerprint density at radius 1 is 1.63 bits per heavy atom. The van der Waals surface area contributed by atoms with Gasteiger partial charge in [-0.05, 0) is 25.9 Å². The molecule has 104 valence electrons. The van der Waals surface area contributed by atoms with Crippen LogP contribution in [0.25, 0.3) is 0 Å². The highest BCUT2D eigenvalue weighted by Crippen LogP contribution is 2.22. The fraction of sp³-hybridized carbons (Fsp3) is 0.583. The average molecular weight is 285 g/mol. The van der Waals surface area contributed by atoms with E-state index in [2.05, 4.69) is 22.1 Å². The van der Waals surface area contributed by atoms with E-state index in [0.29, 0.717) is 11.9 Å². The fourth-order valence-electron chi connectivity index (χ4n) is 2.44. The van der Waals surface area contributed by atoms with Crippen LogP contribution in [0, 0.1) is 10.1 Å². The maximum Gasteiger partial charge on any atom is 0.276 e. The predicted molar refractivity (Wildman–Crippen MR) is 74.7 cm³/mol. The number of pyridine rings is 1. The second-order valence-electron chi connectivity index (χ2n) is 4.60. The van der Waals surface area contributed by atoms with Gasteiger partial charge in [0.25, 0.3) is 5.69 Å². The number of likely N-dealkylation sites (tertiary alicyclic amines) is 1. The number of nitrogens with zero attached hydrogens (tertiary/aromatic N) is 3. The number of rotatable bonds is 5. The zero-order chi connectivity index (χ0) is 13.8. The van der Waals surface area contributed by atoms with E-state index in [1.54, 1.807) is 0 Å². The SMILES string of the molecule is CCN1CCCC1CNc1cc([N+](=O)[O-])cc(Cl)n1. The van der Waals surface area contributed by atoms with E-state index in [0.717, 1.165) is 26.1 Å². The second kappa shape index (κ2) is 6.16. The first-order valence-electron chi connectivity index (χ1n) is 6.40. The molecule has 1 fully saturated rings. The Labute approximate surface area is 116 Å². The average Bonchev–Trinajstić information content (AvgIpc) is 2.83. The summed E-state index contributed by atoms with van der Waals surface area (Å²) >= 11 is 5.78. The van der Waals surface area contributed by atoms with E-state index in [4.69, 9.17) is 11.6 Å². The van der Waals surface area contributed by atoms with Crippen LogP contribution in [-0.4, -0.2) is 40.5 Å². The molecule has 0 amide bonds. The van der Waals surface area contributed by atoms with Gasteiger partial charge in [-0.1, -0.05) is 18.5 Å². The Morgan fingerprint density at radius 2 is 2.42 bits per heavy atom. The number of nitrogens with one attached hydrogen (secondary N) is 1. The summed E-state index contributed by atoms with van der Waals surface area (Å²) in [5.74, 6) is 0.460. The molecule has 7 heteroatoms. The van der Waals surface area contributed by atoms with Crippen LogP contribution in [-0.2, 0) is 0 Å². The lowest BCUT2D eigenvalue weighted by Crippen LogP contribution is -2.34. The molecule has 0 aliphatic carbocycles. The Balaban J connectivity index is 2.01. The van der Waals surface area contributed by atoms with Gasteiger partial charge in [0.15, 0.2) is 0 Å². The van der Waals surface area contributed by atoms with Crippen molar-refractivity contribution in [2.24, 2.45) is 0 Å². The monoisotopic (exact) mass is 284 g/mol. The van der Waals surface area contributed by atoms with Crippen molar-refractivity contribution in [1.82, 2.24) is 9.88 Å². The second-order valence-corrected chi connectivity index (χ2v) is 4.98. The first kappa shape index (κ1) is 14.0. The summed E-state index contributed by atoms with van der Waals surface area (Å²) in [6.45, 7) is 5.01. The Bertz CT molecular complexity index is 469. The highest BCUT2D eigenvalue weighted by atomic mass is 35.5. The molecule has 19 heavy (non-hydrogen) atoms. The lowest BCUT2D eigenvalue weighted by Gasteiger charge is -2.23. The van der Waals surface area contributed by atoms with Gasteiger partial charge in [-0.15, -0.1) is 0 Å². The van der Waals surface area contributed by atoms with Crippen LogP contribution in [0.15, 0.2) is 12.1 Å². The van der Waals surface area contributed by atoms with E-state index in [9.17, 15) is 10.1 Å². The Hall–Kier alpha value is -1.40. The fourth-order valence-corrected chi connectivity index (χ4v) is 2.65. The van der Waals surface area contributed by atoms with E-state index in [1.807, 2.05) is 0 Å². The first-order valence-corrected chi connectivity index (χ1v) is 6.78. The van der Waals surface area contributed by atoms with Gasteiger partial charge in [-0.3, -0.25) is 15.0 Å². The highest BCUT2D eigenvalue weighted by molar-refractivity contribution is 6.29.